The molecule has 0 bridgehead atoms. The topological polar surface area (TPSA) is 26.3 Å². The van der Waals surface area contributed by atoms with E-state index in [1.54, 1.807) is 0 Å². The predicted octanol–water partition coefficient (Wildman–Crippen LogP) is 19.0. The number of unbranched alkanes of at least 4 members (excludes halogenated alkanes) is 18. The third-order valence-electron chi connectivity index (χ3n) is 12.8. The first-order valence-corrected chi connectivity index (χ1v) is 27.9. The van der Waals surface area contributed by atoms with E-state index in [9.17, 15) is 4.79 Å². The van der Waals surface area contributed by atoms with Gasteiger partial charge in [-0.25, -0.2) is 0 Å². The van der Waals surface area contributed by atoms with E-state index in [1.165, 1.54) is 202 Å². The Morgan fingerprint density at radius 2 is 0.705 bits per heavy atom. The van der Waals surface area contributed by atoms with Gasteiger partial charge in [0.2, 0.25) is 0 Å². The van der Waals surface area contributed by atoms with Crippen LogP contribution in [0.25, 0.3) is 0 Å². The van der Waals surface area contributed by atoms with Crippen LogP contribution in [0.15, 0.2) is 69.3 Å². The van der Waals surface area contributed by atoms with Crippen LogP contribution in [-0.4, -0.2) is 5.97 Å². The van der Waals surface area contributed by atoms with Gasteiger partial charge in [0.15, 0.2) is 0 Å². The van der Waals surface area contributed by atoms with Gasteiger partial charge in [-0.05, 0) is 139 Å². The van der Waals surface area contributed by atoms with Gasteiger partial charge in [-0.2, -0.15) is 0 Å². The fraction of sp³-hybridized carbons (Fsp3) is 0.672. The molecule has 0 unspecified atom stereocenters. The monoisotopic (exact) mass is 855 g/mol. The molecule has 0 aliphatic rings. The molecule has 0 atom stereocenters. The molecular formula is C58H94O2S. The van der Waals surface area contributed by atoms with Crippen molar-refractivity contribution in [2.24, 2.45) is 0 Å². The third kappa shape index (κ3) is 17.9. The number of aryl methyl sites for hydroxylation is 6. The molecule has 0 amide bonds. The van der Waals surface area contributed by atoms with Gasteiger partial charge >= 0.3 is 5.97 Å². The quantitative estimate of drug-likeness (QED) is 0.0545. The Kier molecular flexibility index (Phi) is 27.9. The Labute approximate surface area is 380 Å². The van der Waals surface area contributed by atoms with Crippen molar-refractivity contribution in [2.75, 3.05) is 0 Å². The van der Waals surface area contributed by atoms with E-state index in [2.05, 4.69) is 103 Å². The van der Waals surface area contributed by atoms with Gasteiger partial charge in [0.25, 0.3) is 0 Å². The Balaban J connectivity index is 2.61. The predicted molar refractivity (Wildman–Crippen MR) is 270 cm³/mol. The van der Waals surface area contributed by atoms with Gasteiger partial charge < -0.3 is 4.18 Å². The van der Waals surface area contributed by atoms with Crippen molar-refractivity contribution in [1.82, 2.24) is 0 Å². The molecular weight excluding hydrogens is 761 g/mol. The van der Waals surface area contributed by atoms with Gasteiger partial charge in [0.1, 0.15) is 0 Å². The molecule has 0 saturated heterocycles. The summed E-state index contributed by atoms with van der Waals surface area (Å²) < 4.78 is 7.66. The van der Waals surface area contributed by atoms with Crippen molar-refractivity contribution in [1.29, 1.82) is 0 Å². The van der Waals surface area contributed by atoms with E-state index >= 15 is 0 Å². The Morgan fingerprint density at radius 3 is 1.00 bits per heavy atom. The summed E-state index contributed by atoms with van der Waals surface area (Å²) in [6, 6.07) is 21.8. The lowest BCUT2D eigenvalue weighted by Crippen LogP contribution is -2.20. The molecule has 2 nitrogen and oxygen atoms in total. The van der Waals surface area contributed by atoms with E-state index < -0.39 is 10.3 Å². The van der Waals surface area contributed by atoms with E-state index in [-0.39, 0.29) is 5.97 Å². The first kappa shape index (κ1) is 52.8. The number of hydrogen-bond donors (Lipinski definition) is 0. The highest BCUT2D eigenvalue weighted by Gasteiger charge is 2.42. The number of rotatable bonds is 36. The molecule has 3 rings (SSSR count). The average molecular weight is 855 g/mol. The zero-order valence-electron chi connectivity index (χ0n) is 41.0. The van der Waals surface area contributed by atoms with E-state index in [1.807, 2.05) is 0 Å². The van der Waals surface area contributed by atoms with Crippen LogP contribution in [0, 0.1) is 0 Å². The number of carbonyl (C=O) groups excluding carboxylic acids is 1. The molecule has 61 heavy (non-hydrogen) atoms. The molecule has 3 heteroatoms. The Bertz CT molecular complexity index is 1440. The van der Waals surface area contributed by atoms with E-state index in [4.69, 9.17) is 4.18 Å². The smallest absolute Gasteiger partial charge is 0.317 e. The van der Waals surface area contributed by atoms with Crippen LogP contribution in [0.4, 0.5) is 0 Å². The van der Waals surface area contributed by atoms with Gasteiger partial charge in [0, 0.05) is 21.1 Å². The average Bonchev–Trinajstić information content (AvgIpc) is 3.27. The second-order valence-corrected chi connectivity index (χ2v) is 21.0. The van der Waals surface area contributed by atoms with Crippen LogP contribution in [0.1, 0.15) is 249 Å². The van der Waals surface area contributed by atoms with Crippen LogP contribution < -0.4 is 0 Å². The van der Waals surface area contributed by atoms with Crippen molar-refractivity contribution in [3.63, 3.8) is 0 Å². The third-order valence-corrected chi connectivity index (χ3v) is 16.3. The zero-order valence-corrected chi connectivity index (χ0v) is 41.9. The highest BCUT2D eigenvalue weighted by atomic mass is 32.3. The minimum atomic E-state index is -2.49. The molecule has 0 aromatic heterocycles. The van der Waals surface area contributed by atoms with Gasteiger partial charge in [-0.1, -0.05) is 207 Å². The van der Waals surface area contributed by atoms with E-state index in [0.29, 0.717) is 6.42 Å². The summed E-state index contributed by atoms with van der Waals surface area (Å²) in [5.74, 6) is -0.0311. The lowest BCUT2D eigenvalue weighted by Gasteiger charge is -2.45. The molecule has 0 N–H and O–H groups in total. The summed E-state index contributed by atoms with van der Waals surface area (Å²) in [6.45, 7) is 16.1. The van der Waals surface area contributed by atoms with Gasteiger partial charge in [0.05, 0.1) is 0 Å². The molecule has 0 spiro atoms. The molecule has 0 aliphatic carbocycles. The van der Waals surface area contributed by atoms with Crippen molar-refractivity contribution in [2.45, 2.75) is 269 Å². The van der Waals surface area contributed by atoms with Crippen molar-refractivity contribution in [3.8, 4) is 0 Å². The van der Waals surface area contributed by atoms with Crippen LogP contribution in [0.5, 0.6) is 0 Å². The maximum absolute atomic E-state index is 14.8. The van der Waals surface area contributed by atoms with Gasteiger partial charge in [-0.3, -0.25) is 4.79 Å². The summed E-state index contributed by atoms with van der Waals surface area (Å²) in [5, 5.41) is 0. The number of carbonyl (C=O) groups is 1. The fourth-order valence-corrected chi connectivity index (χ4v) is 13.3. The van der Waals surface area contributed by atoms with Crippen LogP contribution >= 0.6 is 10.3 Å². The molecule has 0 radical (unpaired) electrons. The number of hydrogen-bond acceptors (Lipinski definition) is 2. The molecule has 0 saturated carbocycles. The van der Waals surface area contributed by atoms with Crippen molar-refractivity contribution in [3.05, 3.63) is 88.0 Å². The molecule has 344 valence electrons. The molecule has 0 aliphatic heterocycles. The molecule has 3 aromatic carbocycles. The highest BCUT2D eigenvalue weighted by Crippen LogP contribution is 2.73. The second kappa shape index (κ2) is 32.2. The first-order chi connectivity index (χ1) is 29.9. The molecule has 0 heterocycles. The normalized spacial score (nSPS) is 12.0. The van der Waals surface area contributed by atoms with Crippen LogP contribution in [0.2, 0.25) is 0 Å². The van der Waals surface area contributed by atoms with Crippen LogP contribution in [-0.2, 0) is 47.5 Å². The summed E-state index contributed by atoms with van der Waals surface area (Å²) in [4.78, 5) is 18.8. The zero-order chi connectivity index (χ0) is 44.0. The van der Waals surface area contributed by atoms with E-state index in [0.717, 1.165) is 44.9 Å². The minimum Gasteiger partial charge on any atom is -0.402 e. The molecule has 0 fully saturated rings. The summed E-state index contributed by atoms with van der Waals surface area (Å²) >= 11 is 0. The lowest BCUT2D eigenvalue weighted by molar-refractivity contribution is -0.133. The summed E-state index contributed by atoms with van der Waals surface area (Å²) in [6.07, 6.45) is 37.5. The van der Waals surface area contributed by atoms with Crippen LogP contribution in [0.3, 0.4) is 0 Å². The largest absolute Gasteiger partial charge is 0.402 e. The number of benzene rings is 3. The second-order valence-electron chi connectivity index (χ2n) is 18.4. The first-order valence-electron chi connectivity index (χ1n) is 26.3. The lowest BCUT2D eigenvalue weighted by atomic mass is 9.94. The van der Waals surface area contributed by atoms with Crippen molar-refractivity contribution < 1.29 is 8.98 Å². The minimum absolute atomic E-state index is 0.0311. The maximum atomic E-state index is 14.8. The Morgan fingerprint density at radius 1 is 0.393 bits per heavy atom. The SMILES string of the molecule is CCCCCCc1cc(CCCCCC)c(S(OC(=O)CCC)(c2ccccc2)c2c(CCCCCC)cc(CCCCCC)cc2CCCCCC)c(CCCCCC)c1. The molecule has 3 aromatic rings. The summed E-state index contributed by atoms with van der Waals surface area (Å²) in [5.41, 5.74) is 8.87. The van der Waals surface area contributed by atoms with Crippen molar-refractivity contribution >= 4 is 16.3 Å². The standard InChI is InChI=1S/C58H94O2S/c1-8-15-21-28-37-49-45-51(39-30-23-17-10-3)57(52(46-49)40-31-24-18-11-4)61(60-56(59)36-14-7,55-43-34-27-35-44-55)58-53(41-32-25-19-12-5)47-50(38-29-22-16-9-2)48-54(58)42-33-26-20-13-6/h27,34-35,43-48H,8-26,28-33,36-42H2,1-7H3. The summed E-state index contributed by atoms with van der Waals surface area (Å²) in [7, 11) is -2.49. The van der Waals surface area contributed by atoms with Gasteiger partial charge in [-0.15, -0.1) is 0 Å². The fourth-order valence-electron chi connectivity index (χ4n) is 9.37. The highest BCUT2D eigenvalue weighted by molar-refractivity contribution is 8.30. The Hall–Kier alpha value is -2.52. The maximum Gasteiger partial charge on any atom is 0.317 e.